The van der Waals surface area contributed by atoms with E-state index in [4.69, 9.17) is 0 Å². The van der Waals surface area contributed by atoms with Gasteiger partial charge in [-0.05, 0) is 49.2 Å². The minimum absolute atomic E-state index is 0.139. The number of rotatable bonds is 4. The van der Waals surface area contributed by atoms with Crippen molar-refractivity contribution >= 4 is 17.8 Å². The third kappa shape index (κ3) is 4.42. The topological polar surface area (TPSA) is 65.9 Å². The Balaban J connectivity index is 1.35. The van der Waals surface area contributed by atoms with Crippen molar-refractivity contribution in [2.75, 3.05) is 26.2 Å². The lowest BCUT2D eigenvalue weighted by Crippen LogP contribution is -2.48. The van der Waals surface area contributed by atoms with Crippen molar-refractivity contribution in [1.82, 2.24) is 19.3 Å². The van der Waals surface area contributed by atoms with Crippen LogP contribution >= 0.6 is 0 Å². The largest absolute Gasteiger partial charge is 0.406 e. The van der Waals surface area contributed by atoms with Crippen LogP contribution in [-0.2, 0) is 4.79 Å². The van der Waals surface area contributed by atoms with E-state index in [0.717, 1.165) is 5.69 Å². The van der Waals surface area contributed by atoms with Gasteiger partial charge in [-0.15, -0.1) is 0 Å². The van der Waals surface area contributed by atoms with Crippen LogP contribution in [0.1, 0.15) is 23.2 Å². The van der Waals surface area contributed by atoms with Crippen LogP contribution < -0.4 is 0 Å². The highest BCUT2D eigenvalue weighted by Crippen LogP contribution is 2.26. The molecule has 0 saturated carbocycles. The van der Waals surface area contributed by atoms with E-state index in [9.17, 15) is 27.6 Å². The number of alkyl halides is 3. The zero-order valence-corrected chi connectivity index (χ0v) is 16.6. The molecule has 164 valence electrons. The second-order valence-corrected chi connectivity index (χ2v) is 7.67. The number of carbonyl (C=O) groups is 3. The van der Waals surface area contributed by atoms with Gasteiger partial charge in [0.1, 0.15) is 13.1 Å². The summed E-state index contributed by atoms with van der Waals surface area (Å²) in [5, 5.41) is 0. The van der Waals surface area contributed by atoms with Crippen molar-refractivity contribution in [2.45, 2.75) is 25.1 Å². The van der Waals surface area contributed by atoms with Crippen molar-refractivity contribution in [3.05, 3.63) is 54.4 Å². The first-order valence-electron chi connectivity index (χ1n) is 9.93. The molecule has 2 aliphatic heterocycles. The maximum absolute atomic E-state index is 12.8. The predicted molar refractivity (Wildman–Crippen MR) is 105 cm³/mol. The summed E-state index contributed by atoms with van der Waals surface area (Å²) in [6, 6.07) is 9.74. The van der Waals surface area contributed by atoms with Crippen molar-refractivity contribution in [3.63, 3.8) is 0 Å². The number of hydrogen-bond acceptors (Lipinski definition) is 3. The number of carbonyl (C=O) groups excluding carboxylic acids is 3. The summed E-state index contributed by atoms with van der Waals surface area (Å²) in [5.41, 5.74) is 1.47. The molecule has 4 amide bonds. The average Bonchev–Trinajstić information content (AvgIpc) is 3.37. The zero-order valence-electron chi connectivity index (χ0n) is 16.6. The van der Waals surface area contributed by atoms with E-state index in [1.807, 2.05) is 41.2 Å². The molecule has 4 rings (SSSR count). The fourth-order valence-corrected chi connectivity index (χ4v) is 4.03. The molecular formula is C21H21F3N4O3. The summed E-state index contributed by atoms with van der Waals surface area (Å²) < 4.78 is 39.8. The van der Waals surface area contributed by atoms with Gasteiger partial charge in [0.25, 0.3) is 11.8 Å². The van der Waals surface area contributed by atoms with Crippen LogP contribution in [0.4, 0.5) is 18.0 Å². The second kappa shape index (κ2) is 8.09. The van der Waals surface area contributed by atoms with Gasteiger partial charge in [0, 0.05) is 42.8 Å². The molecule has 2 aliphatic rings. The number of halogens is 3. The van der Waals surface area contributed by atoms with Crippen molar-refractivity contribution in [2.24, 2.45) is 0 Å². The molecule has 1 aromatic heterocycles. The molecule has 7 nitrogen and oxygen atoms in total. The SMILES string of the molecule is O=C(c1ccc(-n2cccc2)cc1)N1CCC(N2CC(=O)N(CC(F)(F)F)C2=O)CC1. The molecular weight excluding hydrogens is 413 g/mol. The van der Waals surface area contributed by atoms with Gasteiger partial charge in [-0.2, -0.15) is 13.2 Å². The van der Waals surface area contributed by atoms with Gasteiger partial charge in [0.2, 0.25) is 0 Å². The third-order valence-corrected chi connectivity index (χ3v) is 5.63. The number of hydrogen-bond donors (Lipinski definition) is 0. The molecule has 0 N–H and O–H groups in total. The second-order valence-electron chi connectivity index (χ2n) is 7.67. The highest BCUT2D eigenvalue weighted by Gasteiger charge is 2.45. The van der Waals surface area contributed by atoms with Gasteiger partial charge < -0.3 is 14.4 Å². The molecule has 0 bridgehead atoms. The molecule has 10 heteroatoms. The normalized spacial score (nSPS) is 18.2. The summed E-state index contributed by atoms with van der Waals surface area (Å²) in [4.78, 5) is 40.1. The maximum atomic E-state index is 12.8. The molecule has 0 radical (unpaired) electrons. The Morgan fingerprint density at radius 2 is 1.61 bits per heavy atom. The van der Waals surface area contributed by atoms with Crippen LogP contribution in [0.25, 0.3) is 5.69 Å². The van der Waals surface area contributed by atoms with Gasteiger partial charge >= 0.3 is 12.2 Å². The molecule has 0 unspecified atom stereocenters. The Morgan fingerprint density at radius 3 is 2.19 bits per heavy atom. The van der Waals surface area contributed by atoms with Gasteiger partial charge in [0.05, 0.1) is 0 Å². The van der Waals surface area contributed by atoms with E-state index in [1.165, 1.54) is 4.90 Å². The van der Waals surface area contributed by atoms with Gasteiger partial charge in [-0.1, -0.05) is 0 Å². The standard InChI is InChI=1S/C21H21F3N4O3/c22-21(23,24)14-28-18(29)13-27(20(28)31)17-7-11-26(12-8-17)19(30)15-3-5-16(6-4-15)25-9-1-2-10-25/h1-6,9-10,17H,7-8,11-14H2. The molecule has 3 heterocycles. The molecule has 2 fully saturated rings. The minimum atomic E-state index is -4.63. The van der Waals surface area contributed by atoms with Gasteiger partial charge in [0.15, 0.2) is 0 Å². The van der Waals surface area contributed by atoms with Crippen LogP contribution in [0.5, 0.6) is 0 Å². The number of urea groups is 1. The highest BCUT2D eigenvalue weighted by atomic mass is 19.4. The summed E-state index contributed by atoms with van der Waals surface area (Å²) in [7, 11) is 0. The number of nitrogens with zero attached hydrogens (tertiary/aromatic N) is 4. The number of likely N-dealkylation sites (tertiary alicyclic amines) is 1. The van der Waals surface area contributed by atoms with E-state index in [2.05, 4.69) is 0 Å². The Kier molecular flexibility index (Phi) is 5.47. The lowest BCUT2D eigenvalue weighted by molar-refractivity contribution is -0.151. The van der Waals surface area contributed by atoms with Crippen molar-refractivity contribution in [3.8, 4) is 5.69 Å². The fraction of sp³-hybridized carbons (Fsp3) is 0.381. The van der Waals surface area contributed by atoms with E-state index < -0.39 is 24.7 Å². The van der Waals surface area contributed by atoms with Crippen LogP contribution in [0, 0.1) is 0 Å². The molecule has 1 aromatic carbocycles. The minimum Gasteiger partial charge on any atom is -0.338 e. The van der Waals surface area contributed by atoms with E-state index in [1.54, 1.807) is 17.0 Å². The number of piperidine rings is 1. The third-order valence-electron chi connectivity index (χ3n) is 5.63. The Labute approximate surface area is 176 Å². The summed E-state index contributed by atoms with van der Waals surface area (Å²) in [6.07, 6.45) is -0.00415. The molecule has 0 atom stereocenters. The monoisotopic (exact) mass is 434 g/mol. The predicted octanol–water partition coefficient (Wildman–Crippen LogP) is 2.91. The van der Waals surface area contributed by atoms with Gasteiger partial charge in [-0.3, -0.25) is 14.5 Å². The zero-order chi connectivity index (χ0) is 22.2. The van der Waals surface area contributed by atoms with Crippen LogP contribution in [0.15, 0.2) is 48.8 Å². The first-order chi connectivity index (χ1) is 14.7. The first-order valence-corrected chi connectivity index (χ1v) is 9.93. The lowest BCUT2D eigenvalue weighted by atomic mass is 10.0. The van der Waals surface area contributed by atoms with E-state index in [-0.39, 0.29) is 23.4 Å². The number of aromatic nitrogens is 1. The van der Waals surface area contributed by atoms with Crippen molar-refractivity contribution < 1.29 is 27.6 Å². The Hall–Kier alpha value is -3.30. The number of amides is 4. The smallest absolute Gasteiger partial charge is 0.338 e. The molecule has 2 aromatic rings. The van der Waals surface area contributed by atoms with E-state index >= 15 is 0 Å². The van der Waals surface area contributed by atoms with Gasteiger partial charge in [-0.25, -0.2) is 4.79 Å². The average molecular weight is 434 g/mol. The number of benzene rings is 1. The highest BCUT2D eigenvalue weighted by molar-refractivity contribution is 6.02. The molecule has 2 saturated heterocycles. The summed E-state index contributed by atoms with van der Waals surface area (Å²) in [6.45, 7) is -1.20. The quantitative estimate of drug-likeness (QED) is 0.695. The summed E-state index contributed by atoms with van der Waals surface area (Å²) in [5.74, 6) is -0.983. The fourth-order valence-electron chi connectivity index (χ4n) is 4.03. The van der Waals surface area contributed by atoms with E-state index in [0.29, 0.717) is 31.5 Å². The van der Waals surface area contributed by atoms with Crippen molar-refractivity contribution in [1.29, 1.82) is 0 Å². The number of imide groups is 1. The Bertz CT molecular complexity index is 965. The maximum Gasteiger partial charge on any atom is 0.406 e. The molecule has 31 heavy (non-hydrogen) atoms. The molecule has 0 aliphatic carbocycles. The van der Waals surface area contributed by atoms with Crippen LogP contribution in [-0.4, -0.2) is 75.5 Å². The molecule has 0 spiro atoms. The summed E-state index contributed by atoms with van der Waals surface area (Å²) >= 11 is 0. The van der Waals surface area contributed by atoms with Crippen LogP contribution in [0.2, 0.25) is 0 Å². The lowest BCUT2D eigenvalue weighted by Gasteiger charge is -2.36. The first kappa shape index (κ1) is 21.0. The van der Waals surface area contributed by atoms with Crippen LogP contribution in [0.3, 0.4) is 0 Å². The Morgan fingerprint density at radius 1 is 1.00 bits per heavy atom.